The number of alkyl halides is 3. The molecule has 2 heterocycles. The van der Waals surface area contributed by atoms with Crippen LogP contribution in [0, 0.1) is 11.3 Å². The molecule has 0 amide bonds. The number of likely N-dealkylation sites (tertiary alicyclic amines) is 1. The van der Waals surface area contributed by atoms with Crippen LogP contribution in [0.4, 0.5) is 13.2 Å². The summed E-state index contributed by atoms with van der Waals surface area (Å²) in [5.41, 5.74) is -2.81. The van der Waals surface area contributed by atoms with Gasteiger partial charge < -0.3 is 4.90 Å². The lowest BCUT2D eigenvalue weighted by molar-refractivity contribution is -0.195. The van der Waals surface area contributed by atoms with Gasteiger partial charge in [0.15, 0.2) is 5.41 Å². The van der Waals surface area contributed by atoms with Gasteiger partial charge in [-0.3, -0.25) is 0 Å². The van der Waals surface area contributed by atoms with E-state index >= 15 is 13.2 Å². The van der Waals surface area contributed by atoms with E-state index in [-0.39, 0.29) is 26.9 Å². The SMILES string of the molecule is N#CC1=CC=C(N2CCCC2)C(c2cc(Cl)cc(Cl)c2)(C(F)(F)F)C1n1cncn1. The molecule has 1 aromatic heterocycles. The van der Waals surface area contributed by atoms with Crippen LogP contribution in [-0.2, 0) is 5.41 Å². The molecule has 4 rings (SSSR count). The maximum Gasteiger partial charge on any atom is 0.406 e. The van der Waals surface area contributed by atoms with Crippen LogP contribution in [0.25, 0.3) is 0 Å². The first-order valence-electron chi connectivity index (χ1n) is 9.24. The van der Waals surface area contributed by atoms with E-state index in [4.69, 9.17) is 23.2 Å². The molecule has 5 nitrogen and oxygen atoms in total. The Bertz CT molecular complexity index is 1030. The first-order valence-corrected chi connectivity index (χ1v) is 9.99. The molecule has 0 saturated carbocycles. The van der Waals surface area contributed by atoms with E-state index < -0.39 is 17.6 Å². The van der Waals surface area contributed by atoms with Crippen LogP contribution >= 0.6 is 23.2 Å². The number of aromatic nitrogens is 3. The van der Waals surface area contributed by atoms with Gasteiger partial charge in [0.1, 0.15) is 18.7 Å². The van der Waals surface area contributed by atoms with Crippen molar-refractivity contribution in [3.8, 4) is 6.07 Å². The van der Waals surface area contributed by atoms with Crippen molar-refractivity contribution in [1.29, 1.82) is 5.26 Å². The zero-order valence-corrected chi connectivity index (χ0v) is 17.1. The molecule has 0 spiro atoms. The number of hydrogen-bond donors (Lipinski definition) is 0. The second kappa shape index (κ2) is 7.64. The van der Waals surface area contributed by atoms with E-state index in [0.29, 0.717) is 13.1 Å². The fourth-order valence-electron chi connectivity index (χ4n) is 4.42. The van der Waals surface area contributed by atoms with Crippen molar-refractivity contribution >= 4 is 23.2 Å². The van der Waals surface area contributed by atoms with Gasteiger partial charge in [-0.05, 0) is 48.8 Å². The van der Waals surface area contributed by atoms with Crippen molar-refractivity contribution in [2.24, 2.45) is 0 Å². The Hall–Kier alpha value is -2.50. The third-order valence-corrected chi connectivity index (χ3v) is 6.01. The van der Waals surface area contributed by atoms with Crippen LogP contribution in [0.5, 0.6) is 0 Å². The van der Waals surface area contributed by atoms with Crippen LogP contribution in [-0.4, -0.2) is 38.9 Å². The van der Waals surface area contributed by atoms with Crippen LogP contribution < -0.4 is 0 Å². The number of benzene rings is 1. The minimum absolute atomic E-state index is 0.0466. The van der Waals surface area contributed by atoms with Gasteiger partial charge in [0.2, 0.25) is 0 Å². The average molecular weight is 454 g/mol. The smallest absolute Gasteiger partial charge is 0.374 e. The van der Waals surface area contributed by atoms with Crippen molar-refractivity contribution < 1.29 is 13.2 Å². The fraction of sp³-hybridized carbons (Fsp3) is 0.350. The maximum absolute atomic E-state index is 15.2. The maximum atomic E-state index is 15.2. The van der Waals surface area contributed by atoms with Gasteiger partial charge in [-0.25, -0.2) is 9.67 Å². The zero-order valence-electron chi connectivity index (χ0n) is 15.6. The minimum atomic E-state index is -4.80. The first kappa shape index (κ1) is 20.8. The van der Waals surface area contributed by atoms with Gasteiger partial charge in [-0.15, -0.1) is 0 Å². The quantitative estimate of drug-likeness (QED) is 0.650. The standard InChI is InChI=1S/C20H16Cl2F3N5/c21-15-7-14(8-16(22)9-15)19(20(23,24)25)17(29-5-1-2-6-29)4-3-13(10-26)18(19)30-12-27-11-28-30/h3-4,7-9,11-12,18H,1-2,5-6H2. The monoisotopic (exact) mass is 453 g/mol. The Labute approximate surface area is 181 Å². The molecule has 1 aliphatic heterocycles. The summed E-state index contributed by atoms with van der Waals surface area (Å²) in [4.78, 5) is 5.55. The molecule has 2 aromatic rings. The molecule has 2 aliphatic rings. The Morgan fingerprint density at radius 1 is 1.10 bits per heavy atom. The lowest BCUT2D eigenvalue weighted by Gasteiger charge is -2.48. The Morgan fingerprint density at radius 3 is 2.30 bits per heavy atom. The molecule has 10 heteroatoms. The summed E-state index contributed by atoms with van der Waals surface area (Å²) in [7, 11) is 0. The molecule has 0 N–H and O–H groups in total. The molecule has 2 unspecified atom stereocenters. The minimum Gasteiger partial charge on any atom is -0.374 e. The summed E-state index contributed by atoms with van der Waals surface area (Å²) in [5.74, 6) is 0. The summed E-state index contributed by atoms with van der Waals surface area (Å²) in [6, 6.07) is 4.32. The van der Waals surface area contributed by atoms with Gasteiger partial charge in [0, 0.05) is 28.8 Å². The van der Waals surface area contributed by atoms with E-state index in [2.05, 4.69) is 10.1 Å². The summed E-state index contributed by atoms with van der Waals surface area (Å²) in [5, 5.41) is 13.9. The van der Waals surface area contributed by atoms with E-state index in [1.807, 2.05) is 6.07 Å². The third kappa shape index (κ3) is 3.17. The highest BCUT2D eigenvalue weighted by Crippen LogP contribution is 2.58. The number of hydrogen-bond acceptors (Lipinski definition) is 4. The highest BCUT2D eigenvalue weighted by atomic mass is 35.5. The summed E-state index contributed by atoms with van der Waals surface area (Å²) < 4.78 is 46.8. The number of allylic oxidation sites excluding steroid dienone is 4. The lowest BCUT2D eigenvalue weighted by Crippen LogP contribution is -2.55. The Kier molecular flexibility index (Phi) is 5.28. The molecule has 0 radical (unpaired) electrons. The van der Waals surface area contributed by atoms with E-state index in [0.717, 1.165) is 23.9 Å². The molecular formula is C20H16Cl2F3N5. The Balaban J connectivity index is 2.10. The number of rotatable bonds is 3. The van der Waals surface area contributed by atoms with Gasteiger partial charge in [0.05, 0.1) is 11.6 Å². The van der Waals surface area contributed by atoms with Crippen LogP contribution in [0.1, 0.15) is 24.4 Å². The predicted octanol–water partition coefficient (Wildman–Crippen LogP) is 5.07. The lowest BCUT2D eigenvalue weighted by atomic mass is 9.65. The van der Waals surface area contributed by atoms with Crippen molar-refractivity contribution in [3.63, 3.8) is 0 Å². The summed E-state index contributed by atoms with van der Waals surface area (Å²) in [6.45, 7) is 0.968. The number of halogens is 5. The van der Waals surface area contributed by atoms with Crippen LogP contribution in [0.3, 0.4) is 0 Å². The van der Waals surface area contributed by atoms with E-state index in [1.54, 1.807) is 4.90 Å². The molecular weight excluding hydrogens is 438 g/mol. The molecule has 30 heavy (non-hydrogen) atoms. The highest BCUT2D eigenvalue weighted by Gasteiger charge is 2.66. The van der Waals surface area contributed by atoms with Crippen molar-refractivity contribution in [3.05, 3.63) is 69.9 Å². The van der Waals surface area contributed by atoms with Crippen LogP contribution in [0.2, 0.25) is 10.0 Å². The third-order valence-electron chi connectivity index (χ3n) is 5.57. The summed E-state index contributed by atoms with van der Waals surface area (Å²) >= 11 is 12.3. The predicted molar refractivity (Wildman–Crippen MR) is 106 cm³/mol. The molecule has 156 valence electrons. The van der Waals surface area contributed by atoms with Crippen LogP contribution in [0.15, 0.2) is 54.3 Å². The molecule has 0 bridgehead atoms. The van der Waals surface area contributed by atoms with Gasteiger partial charge in [-0.1, -0.05) is 23.2 Å². The number of nitriles is 1. The van der Waals surface area contributed by atoms with Crippen molar-refractivity contribution in [2.75, 3.05) is 13.1 Å². The van der Waals surface area contributed by atoms with E-state index in [9.17, 15) is 5.26 Å². The first-order chi connectivity index (χ1) is 14.3. The molecule has 1 saturated heterocycles. The second-order valence-electron chi connectivity index (χ2n) is 7.22. The molecule has 1 aromatic carbocycles. The fourth-order valence-corrected chi connectivity index (χ4v) is 4.94. The molecule has 1 aliphatic carbocycles. The largest absolute Gasteiger partial charge is 0.406 e. The number of nitrogens with zero attached hydrogens (tertiary/aromatic N) is 5. The topological polar surface area (TPSA) is 57.7 Å². The second-order valence-corrected chi connectivity index (χ2v) is 8.09. The highest BCUT2D eigenvalue weighted by molar-refractivity contribution is 6.34. The average Bonchev–Trinajstić information content (AvgIpc) is 3.38. The summed E-state index contributed by atoms with van der Waals surface area (Å²) in [6.07, 6.45) is 1.91. The van der Waals surface area contributed by atoms with Gasteiger partial charge in [0.25, 0.3) is 0 Å². The van der Waals surface area contributed by atoms with E-state index in [1.165, 1.54) is 36.7 Å². The zero-order chi connectivity index (χ0) is 21.5. The molecule has 2 atom stereocenters. The Morgan fingerprint density at radius 2 is 1.77 bits per heavy atom. The van der Waals surface area contributed by atoms with Crippen molar-refractivity contribution in [2.45, 2.75) is 30.5 Å². The van der Waals surface area contributed by atoms with Gasteiger partial charge >= 0.3 is 6.18 Å². The van der Waals surface area contributed by atoms with Crippen molar-refractivity contribution in [1.82, 2.24) is 19.7 Å². The molecule has 1 fully saturated rings. The van der Waals surface area contributed by atoms with Gasteiger partial charge in [-0.2, -0.15) is 23.5 Å². The normalized spacial score (nSPS) is 24.4.